The molecule has 0 N–H and O–H groups in total. The fraction of sp³-hybridized carbons (Fsp3) is 0.250. The van der Waals surface area contributed by atoms with Crippen LogP contribution in [0.15, 0.2) is 53.4 Å². The van der Waals surface area contributed by atoms with Gasteiger partial charge in [-0.05, 0) is 37.6 Å². The Balaban J connectivity index is 1.87. The first-order chi connectivity index (χ1) is 13.2. The minimum Gasteiger partial charge on any atom is -0.265 e. The molecule has 0 saturated carbocycles. The van der Waals surface area contributed by atoms with E-state index in [1.54, 1.807) is 0 Å². The Labute approximate surface area is 175 Å². The maximum absolute atomic E-state index is 13.0. The second-order valence-electron chi connectivity index (χ2n) is 6.63. The SMILES string of the molecule is Cc1nn(Cc2ccccc2)c(C)c1CN(C)S(=O)(=O)c1ccc(Cl)cc1Cl. The van der Waals surface area contributed by atoms with E-state index in [0.29, 0.717) is 11.6 Å². The van der Waals surface area contributed by atoms with Crippen LogP contribution in [0.4, 0.5) is 0 Å². The summed E-state index contributed by atoms with van der Waals surface area (Å²) in [4.78, 5) is 0.0352. The zero-order chi connectivity index (χ0) is 20.5. The number of sulfonamides is 1. The van der Waals surface area contributed by atoms with Crippen LogP contribution in [-0.2, 0) is 23.1 Å². The third kappa shape index (κ3) is 4.25. The highest BCUT2D eigenvalue weighted by Crippen LogP contribution is 2.28. The summed E-state index contributed by atoms with van der Waals surface area (Å²) in [6.45, 7) is 4.67. The van der Waals surface area contributed by atoms with Gasteiger partial charge in [-0.15, -0.1) is 0 Å². The van der Waals surface area contributed by atoms with Crippen LogP contribution in [0, 0.1) is 13.8 Å². The molecule has 0 bridgehead atoms. The number of aromatic nitrogens is 2. The van der Waals surface area contributed by atoms with Crippen LogP contribution in [0.3, 0.4) is 0 Å². The van der Waals surface area contributed by atoms with Crippen molar-refractivity contribution in [3.8, 4) is 0 Å². The van der Waals surface area contributed by atoms with Crippen LogP contribution in [0.2, 0.25) is 10.0 Å². The van der Waals surface area contributed by atoms with Crippen molar-refractivity contribution in [2.75, 3.05) is 7.05 Å². The maximum atomic E-state index is 13.0. The van der Waals surface area contributed by atoms with E-state index in [-0.39, 0.29) is 16.5 Å². The molecule has 0 unspecified atom stereocenters. The van der Waals surface area contributed by atoms with Gasteiger partial charge in [0.05, 0.1) is 17.3 Å². The Morgan fingerprint density at radius 1 is 1.07 bits per heavy atom. The number of benzene rings is 2. The van der Waals surface area contributed by atoms with E-state index < -0.39 is 10.0 Å². The Morgan fingerprint density at radius 2 is 1.75 bits per heavy atom. The monoisotopic (exact) mass is 437 g/mol. The lowest BCUT2D eigenvalue weighted by molar-refractivity contribution is 0.465. The zero-order valence-electron chi connectivity index (χ0n) is 15.9. The molecule has 28 heavy (non-hydrogen) atoms. The third-order valence-corrected chi connectivity index (χ3v) is 7.19. The molecule has 3 aromatic rings. The summed E-state index contributed by atoms with van der Waals surface area (Å²) in [6, 6.07) is 14.4. The van der Waals surface area contributed by atoms with Crippen molar-refractivity contribution in [3.63, 3.8) is 0 Å². The van der Waals surface area contributed by atoms with Crippen LogP contribution in [0.5, 0.6) is 0 Å². The molecule has 0 radical (unpaired) electrons. The van der Waals surface area contributed by atoms with Gasteiger partial charge >= 0.3 is 0 Å². The summed E-state index contributed by atoms with van der Waals surface area (Å²) in [7, 11) is -2.23. The molecule has 148 valence electrons. The quantitative estimate of drug-likeness (QED) is 0.562. The number of aryl methyl sites for hydroxylation is 1. The molecule has 2 aromatic carbocycles. The van der Waals surface area contributed by atoms with Crippen molar-refractivity contribution in [2.24, 2.45) is 0 Å². The molecule has 0 saturated heterocycles. The lowest BCUT2D eigenvalue weighted by atomic mass is 10.2. The van der Waals surface area contributed by atoms with Gasteiger partial charge in [-0.3, -0.25) is 4.68 Å². The smallest absolute Gasteiger partial charge is 0.244 e. The normalized spacial score (nSPS) is 11.9. The molecule has 0 spiro atoms. The molecule has 8 heteroatoms. The molecule has 0 fully saturated rings. The van der Waals surface area contributed by atoms with Gasteiger partial charge in [0.1, 0.15) is 4.90 Å². The van der Waals surface area contributed by atoms with E-state index in [2.05, 4.69) is 5.10 Å². The lowest BCUT2D eigenvalue weighted by Crippen LogP contribution is -2.27. The van der Waals surface area contributed by atoms with Crippen LogP contribution in [0.25, 0.3) is 0 Å². The average Bonchev–Trinajstić information content (AvgIpc) is 2.89. The van der Waals surface area contributed by atoms with Crippen LogP contribution in [0.1, 0.15) is 22.5 Å². The highest BCUT2D eigenvalue weighted by molar-refractivity contribution is 7.89. The second kappa shape index (κ2) is 8.25. The number of hydrogen-bond donors (Lipinski definition) is 0. The average molecular weight is 438 g/mol. The number of nitrogens with zero attached hydrogens (tertiary/aromatic N) is 3. The largest absolute Gasteiger partial charge is 0.265 e. The number of halogens is 2. The molecule has 5 nitrogen and oxygen atoms in total. The first kappa shape index (κ1) is 20.9. The molecule has 0 amide bonds. The minimum atomic E-state index is -3.76. The van der Waals surface area contributed by atoms with Gasteiger partial charge in [-0.2, -0.15) is 9.40 Å². The van der Waals surface area contributed by atoms with Crippen LogP contribution in [-0.4, -0.2) is 29.6 Å². The van der Waals surface area contributed by atoms with Crippen molar-refractivity contribution in [1.29, 1.82) is 0 Å². The van der Waals surface area contributed by atoms with Gasteiger partial charge in [0.2, 0.25) is 10.0 Å². The van der Waals surface area contributed by atoms with Crippen molar-refractivity contribution < 1.29 is 8.42 Å². The van der Waals surface area contributed by atoms with Gasteiger partial charge in [-0.25, -0.2) is 8.42 Å². The van der Waals surface area contributed by atoms with Gasteiger partial charge < -0.3 is 0 Å². The molecular weight excluding hydrogens is 417 g/mol. The summed E-state index contributed by atoms with van der Waals surface area (Å²) in [5.74, 6) is 0. The maximum Gasteiger partial charge on any atom is 0.244 e. The summed E-state index contributed by atoms with van der Waals surface area (Å²) in [5.41, 5.74) is 3.75. The van der Waals surface area contributed by atoms with Gasteiger partial charge in [-0.1, -0.05) is 53.5 Å². The first-order valence-corrected chi connectivity index (χ1v) is 10.9. The van der Waals surface area contributed by atoms with E-state index in [0.717, 1.165) is 22.5 Å². The molecule has 0 aliphatic carbocycles. The Morgan fingerprint density at radius 3 is 2.39 bits per heavy atom. The Bertz CT molecular complexity index is 1100. The lowest BCUT2D eigenvalue weighted by Gasteiger charge is -2.18. The van der Waals surface area contributed by atoms with E-state index in [9.17, 15) is 8.42 Å². The fourth-order valence-electron chi connectivity index (χ4n) is 3.03. The molecule has 0 aliphatic heterocycles. The predicted octanol–water partition coefficient (Wildman–Crippen LogP) is 4.68. The van der Waals surface area contributed by atoms with E-state index in [1.807, 2.05) is 48.9 Å². The van der Waals surface area contributed by atoms with Crippen LogP contribution >= 0.6 is 23.2 Å². The summed E-state index contributed by atoms with van der Waals surface area (Å²) >= 11 is 12.0. The van der Waals surface area contributed by atoms with Crippen molar-refractivity contribution in [1.82, 2.24) is 14.1 Å². The fourth-order valence-corrected chi connectivity index (χ4v) is 4.91. The summed E-state index contributed by atoms with van der Waals surface area (Å²) in [6.07, 6.45) is 0. The molecule has 1 aromatic heterocycles. The van der Waals surface area contributed by atoms with Crippen molar-refractivity contribution >= 4 is 33.2 Å². The summed E-state index contributed by atoms with van der Waals surface area (Å²) in [5, 5.41) is 5.09. The first-order valence-electron chi connectivity index (χ1n) is 8.68. The molecular formula is C20H21Cl2N3O2S. The minimum absolute atomic E-state index is 0.0352. The van der Waals surface area contributed by atoms with Gasteiger partial charge in [0.15, 0.2) is 0 Å². The topological polar surface area (TPSA) is 55.2 Å². The molecule has 3 rings (SSSR count). The highest BCUT2D eigenvalue weighted by atomic mass is 35.5. The molecule has 0 aliphatic rings. The predicted molar refractivity (Wildman–Crippen MR) is 112 cm³/mol. The second-order valence-corrected chi connectivity index (χ2v) is 9.49. The molecule has 1 heterocycles. The standard InChI is InChI=1S/C20H21Cl2N3O2S/c1-14-18(15(2)25(23-14)12-16-7-5-4-6-8-16)13-24(3)28(26,27)20-10-9-17(21)11-19(20)22/h4-11H,12-13H2,1-3H3. The molecule has 0 atom stereocenters. The van der Waals surface area contributed by atoms with Gasteiger partial charge in [0.25, 0.3) is 0 Å². The zero-order valence-corrected chi connectivity index (χ0v) is 18.2. The van der Waals surface area contributed by atoms with Gasteiger partial charge in [0, 0.05) is 29.9 Å². The van der Waals surface area contributed by atoms with Crippen molar-refractivity contribution in [2.45, 2.75) is 31.8 Å². The van der Waals surface area contributed by atoms with E-state index >= 15 is 0 Å². The summed E-state index contributed by atoms with van der Waals surface area (Å²) < 4.78 is 29.1. The highest BCUT2D eigenvalue weighted by Gasteiger charge is 2.26. The van der Waals surface area contributed by atoms with E-state index in [1.165, 1.54) is 29.6 Å². The van der Waals surface area contributed by atoms with Crippen LogP contribution < -0.4 is 0 Å². The van der Waals surface area contributed by atoms with Crippen molar-refractivity contribution in [3.05, 3.63) is 81.1 Å². The van der Waals surface area contributed by atoms with E-state index in [4.69, 9.17) is 23.2 Å². The third-order valence-electron chi connectivity index (χ3n) is 4.67. The number of rotatable bonds is 6. The Hall–Kier alpha value is -1.86. The Kier molecular flexibility index (Phi) is 6.15. The number of hydrogen-bond acceptors (Lipinski definition) is 3.